The number of benzene rings is 1. The summed E-state index contributed by atoms with van der Waals surface area (Å²) in [6.07, 6.45) is 0. The lowest BCUT2D eigenvalue weighted by atomic mass is 10.1. The smallest absolute Gasteiger partial charge is 0.244 e. The van der Waals surface area contributed by atoms with Crippen molar-refractivity contribution in [2.75, 3.05) is 6.67 Å². The molecule has 0 atom stereocenters. The van der Waals surface area contributed by atoms with Gasteiger partial charge in [-0.1, -0.05) is 23.7 Å². The monoisotopic (exact) mass is 208 g/mol. The molecule has 0 radical (unpaired) electrons. The second-order valence-corrected chi connectivity index (χ2v) is 3.23. The van der Waals surface area contributed by atoms with E-state index in [2.05, 4.69) is 0 Å². The van der Waals surface area contributed by atoms with Crippen LogP contribution >= 0.6 is 11.6 Å². The first-order valence-electron chi connectivity index (χ1n) is 3.68. The lowest BCUT2D eigenvalue weighted by Gasteiger charge is -2.14. The van der Waals surface area contributed by atoms with E-state index < -0.39 is 18.2 Å². The van der Waals surface area contributed by atoms with Gasteiger partial charge in [0, 0.05) is 5.56 Å². The number of halogens is 4. The van der Waals surface area contributed by atoms with E-state index in [9.17, 15) is 13.2 Å². The molecule has 0 saturated carbocycles. The van der Waals surface area contributed by atoms with Crippen LogP contribution < -0.4 is 0 Å². The van der Waals surface area contributed by atoms with Gasteiger partial charge in [-0.15, -0.1) is 0 Å². The van der Waals surface area contributed by atoms with Crippen LogP contribution in [0.2, 0.25) is 5.02 Å². The van der Waals surface area contributed by atoms with Gasteiger partial charge in [0.05, 0.1) is 5.02 Å². The van der Waals surface area contributed by atoms with Crippen molar-refractivity contribution >= 4 is 11.6 Å². The average Bonchev–Trinajstić information content (AvgIpc) is 2.03. The van der Waals surface area contributed by atoms with Gasteiger partial charge in [-0.25, -0.2) is 4.39 Å². The van der Waals surface area contributed by atoms with Gasteiger partial charge in [-0.3, -0.25) is 0 Å². The minimum atomic E-state index is -3.48. The standard InChI is InChI=1S/C9H8ClF3/c1-6-2-3-7(8(10)4-6)9(12,13)5-11/h2-4H,5H2,1H3. The molecule has 13 heavy (non-hydrogen) atoms. The van der Waals surface area contributed by atoms with Crippen molar-refractivity contribution in [1.29, 1.82) is 0 Å². The highest BCUT2D eigenvalue weighted by molar-refractivity contribution is 6.31. The van der Waals surface area contributed by atoms with Crippen molar-refractivity contribution in [2.45, 2.75) is 12.8 Å². The molecule has 0 aliphatic carbocycles. The van der Waals surface area contributed by atoms with Crippen molar-refractivity contribution in [3.8, 4) is 0 Å². The Morgan fingerprint density at radius 3 is 2.46 bits per heavy atom. The average molecular weight is 209 g/mol. The summed E-state index contributed by atoms with van der Waals surface area (Å²) in [5, 5.41) is -0.0948. The second kappa shape index (κ2) is 3.58. The molecule has 4 heteroatoms. The number of aryl methyl sites for hydroxylation is 1. The fraction of sp³-hybridized carbons (Fsp3) is 0.333. The maximum absolute atomic E-state index is 12.8. The Morgan fingerprint density at radius 1 is 1.38 bits per heavy atom. The molecule has 0 bridgehead atoms. The van der Waals surface area contributed by atoms with Gasteiger partial charge in [0.2, 0.25) is 0 Å². The minimum Gasteiger partial charge on any atom is -0.244 e. The van der Waals surface area contributed by atoms with Crippen molar-refractivity contribution in [2.24, 2.45) is 0 Å². The molecule has 0 N–H and O–H groups in total. The van der Waals surface area contributed by atoms with E-state index >= 15 is 0 Å². The Balaban J connectivity index is 3.16. The first-order chi connectivity index (χ1) is 5.97. The van der Waals surface area contributed by atoms with E-state index in [1.807, 2.05) is 0 Å². The Bertz CT molecular complexity index is 310. The molecule has 1 aromatic carbocycles. The normalized spacial score (nSPS) is 11.8. The van der Waals surface area contributed by atoms with E-state index in [1.165, 1.54) is 12.1 Å². The number of hydrogen-bond acceptors (Lipinski definition) is 0. The third-order valence-electron chi connectivity index (χ3n) is 1.69. The van der Waals surface area contributed by atoms with E-state index in [0.717, 1.165) is 11.6 Å². The molecule has 0 unspecified atom stereocenters. The third-order valence-corrected chi connectivity index (χ3v) is 2.00. The Labute approximate surface area is 79.3 Å². The van der Waals surface area contributed by atoms with Gasteiger partial charge < -0.3 is 0 Å². The van der Waals surface area contributed by atoms with Gasteiger partial charge >= 0.3 is 5.92 Å². The fourth-order valence-electron chi connectivity index (χ4n) is 0.989. The molecule has 0 fully saturated rings. The highest BCUT2D eigenvalue weighted by atomic mass is 35.5. The largest absolute Gasteiger partial charge is 0.302 e. The third kappa shape index (κ3) is 2.15. The molecule has 0 amide bonds. The predicted octanol–water partition coefficient (Wildman–Crippen LogP) is 3.71. The molecule has 1 aromatic rings. The van der Waals surface area contributed by atoms with E-state index in [4.69, 9.17) is 11.6 Å². The summed E-state index contributed by atoms with van der Waals surface area (Å²) in [6.45, 7) is -0.000963. The minimum absolute atomic E-state index is 0.0948. The molecule has 0 nitrogen and oxygen atoms in total. The highest BCUT2D eigenvalue weighted by Gasteiger charge is 2.33. The SMILES string of the molecule is Cc1ccc(C(F)(F)CF)c(Cl)c1. The summed E-state index contributed by atoms with van der Waals surface area (Å²) in [4.78, 5) is 0. The molecule has 0 spiro atoms. The van der Waals surface area contributed by atoms with E-state index in [1.54, 1.807) is 6.92 Å². The number of hydrogen-bond donors (Lipinski definition) is 0. The van der Waals surface area contributed by atoms with Gasteiger partial charge in [-0.05, 0) is 18.6 Å². The van der Waals surface area contributed by atoms with Crippen molar-refractivity contribution in [1.82, 2.24) is 0 Å². The molecular weight excluding hydrogens is 201 g/mol. The van der Waals surface area contributed by atoms with Crippen LogP contribution in [-0.4, -0.2) is 6.67 Å². The lowest BCUT2D eigenvalue weighted by Crippen LogP contribution is -2.16. The molecule has 1 rings (SSSR count). The summed E-state index contributed by atoms with van der Waals surface area (Å²) in [6, 6.07) is 4.02. The first-order valence-corrected chi connectivity index (χ1v) is 4.05. The quantitative estimate of drug-likeness (QED) is 0.695. The maximum atomic E-state index is 12.8. The zero-order valence-electron chi connectivity index (χ0n) is 6.95. The van der Waals surface area contributed by atoms with Crippen LogP contribution in [0.3, 0.4) is 0 Å². The van der Waals surface area contributed by atoms with Gasteiger partial charge in [0.25, 0.3) is 0 Å². The summed E-state index contributed by atoms with van der Waals surface area (Å²) >= 11 is 5.55. The van der Waals surface area contributed by atoms with Crippen LogP contribution in [0.4, 0.5) is 13.2 Å². The van der Waals surface area contributed by atoms with Crippen molar-refractivity contribution in [3.05, 3.63) is 34.3 Å². The zero-order valence-corrected chi connectivity index (χ0v) is 7.71. The summed E-state index contributed by atoms with van der Waals surface area (Å²) in [5.41, 5.74) is 0.311. The molecule has 0 heterocycles. The molecule has 0 saturated heterocycles. The summed E-state index contributed by atoms with van der Waals surface area (Å²) in [7, 11) is 0. The second-order valence-electron chi connectivity index (χ2n) is 2.82. The molecule has 0 aliphatic heterocycles. The Hall–Kier alpha value is -0.700. The van der Waals surface area contributed by atoms with E-state index in [-0.39, 0.29) is 5.02 Å². The van der Waals surface area contributed by atoms with E-state index in [0.29, 0.717) is 0 Å². The number of rotatable bonds is 2. The fourth-order valence-corrected chi connectivity index (χ4v) is 1.36. The van der Waals surface area contributed by atoms with Gasteiger partial charge in [0.15, 0.2) is 6.67 Å². The molecule has 72 valence electrons. The van der Waals surface area contributed by atoms with Crippen LogP contribution in [0, 0.1) is 6.92 Å². The topological polar surface area (TPSA) is 0 Å². The zero-order chi connectivity index (χ0) is 10.1. The summed E-state index contributed by atoms with van der Waals surface area (Å²) < 4.78 is 37.6. The lowest BCUT2D eigenvalue weighted by molar-refractivity contribution is -0.0279. The van der Waals surface area contributed by atoms with Crippen LogP contribution in [0.25, 0.3) is 0 Å². The van der Waals surface area contributed by atoms with Gasteiger partial charge in [0.1, 0.15) is 0 Å². The molecular formula is C9H8ClF3. The van der Waals surface area contributed by atoms with Crippen LogP contribution in [0.1, 0.15) is 11.1 Å². The first kappa shape index (κ1) is 10.4. The van der Waals surface area contributed by atoms with Crippen LogP contribution in [-0.2, 0) is 5.92 Å². The highest BCUT2D eigenvalue weighted by Crippen LogP contribution is 2.34. The number of alkyl halides is 3. The van der Waals surface area contributed by atoms with Gasteiger partial charge in [-0.2, -0.15) is 8.78 Å². The Morgan fingerprint density at radius 2 is 2.00 bits per heavy atom. The Kier molecular flexibility index (Phi) is 2.86. The van der Waals surface area contributed by atoms with Crippen LogP contribution in [0.5, 0.6) is 0 Å². The summed E-state index contributed by atoms with van der Waals surface area (Å²) in [5.74, 6) is -3.48. The van der Waals surface area contributed by atoms with Crippen molar-refractivity contribution < 1.29 is 13.2 Å². The predicted molar refractivity (Wildman–Crippen MR) is 46.1 cm³/mol. The van der Waals surface area contributed by atoms with Crippen molar-refractivity contribution in [3.63, 3.8) is 0 Å². The van der Waals surface area contributed by atoms with Crippen LogP contribution in [0.15, 0.2) is 18.2 Å². The maximum Gasteiger partial charge on any atom is 0.302 e. The molecule has 0 aromatic heterocycles. The molecule has 0 aliphatic rings.